The molecule has 0 fully saturated rings. The number of diazo groups is 2. The number of hydrogen-bond acceptors (Lipinski definition) is 14. The summed E-state index contributed by atoms with van der Waals surface area (Å²) < 4.78 is 78.5. The Bertz CT molecular complexity index is 2370. The number of rotatable bonds is 12. The first-order valence-corrected chi connectivity index (χ1v) is 18.5. The highest BCUT2D eigenvalue weighted by atomic mass is 32.3. The topological polar surface area (TPSA) is 210 Å². The van der Waals surface area contributed by atoms with Crippen LogP contribution in [0.3, 0.4) is 0 Å². The van der Waals surface area contributed by atoms with Crippen molar-refractivity contribution in [1.82, 2.24) is 0 Å². The maximum Gasteiger partial charge on any atom is 0.430 e. The smallest absolute Gasteiger partial charge is 0.430 e. The lowest BCUT2D eigenvalue weighted by Gasteiger charge is -2.11. The van der Waals surface area contributed by atoms with Crippen molar-refractivity contribution in [3.63, 3.8) is 0 Å². The summed E-state index contributed by atoms with van der Waals surface area (Å²) >= 11 is 0. The average Bonchev–Trinajstić information content (AvgIpc) is 3.21. The van der Waals surface area contributed by atoms with E-state index >= 15 is 0 Å². The monoisotopic (exact) mass is 822 g/mol. The second kappa shape index (κ2) is 21.1. The van der Waals surface area contributed by atoms with Crippen molar-refractivity contribution in [2.24, 2.45) is 0 Å². The van der Waals surface area contributed by atoms with Gasteiger partial charge in [0.1, 0.15) is 34.5 Å². The number of ether oxygens (including phenoxy) is 8. The molecular weight excluding hydrogens is 785 g/mol. The van der Waals surface area contributed by atoms with Gasteiger partial charge in [-0.25, -0.2) is 0 Å². The van der Waals surface area contributed by atoms with Crippen molar-refractivity contribution in [3.05, 3.63) is 142 Å². The largest absolute Gasteiger partial charge is 0.759 e. The summed E-state index contributed by atoms with van der Waals surface area (Å²) in [6.07, 6.45) is 0. The average molecular weight is 823 g/mol. The molecule has 0 amide bonds. The zero-order chi connectivity index (χ0) is 43.0. The van der Waals surface area contributed by atoms with Crippen LogP contribution in [0.1, 0.15) is 11.1 Å². The Labute approximate surface area is 340 Å². The molecular formula is C42H38N4O12S. The van der Waals surface area contributed by atoms with E-state index in [-0.39, 0.29) is 11.4 Å². The van der Waals surface area contributed by atoms with Crippen molar-refractivity contribution >= 4 is 21.8 Å². The Morgan fingerprint density at radius 2 is 0.729 bits per heavy atom. The fourth-order valence-corrected chi connectivity index (χ4v) is 5.06. The highest BCUT2D eigenvalue weighted by Crippen LogP contribution is 2.43. The van der Waals surface area contributed by atoms with Crippen molar-refractivity contribution in [2.75, 3.05) is 28.4 Å². The van der Waals surface area contributed by atoms with Crippen LogP contribution in [0.2, 0.25) is 0 Å². The molecule has 6 aromatic rings. The van der Waals surface area contributed by atoms with Crippen LogP contribution in [-0.2, 0) is 10.4 Å². The molecule has 17 heteroatoms. The standard InChI is InChI=1S/2C21H19N2O4.H2O4S/c2*1-14-5-4-6-17(11-14)26-15-7-9-16(10-8-15)27-21-13-19(24-2)18(23-22)12-20(21)25-3;1-5(2,3)4/h2*4-13H,1-3H3;(H2,1,2,3,4)/q2*+1;/p-2. The molecule has 6 aromatic carbocycles. The molecule has 16 nitrogen and oxygen atoms in total. The van der Waals surface area contributed by atoms with E-state index in [1.165, 1.54) is 40.6 Å². The zero-order valence-electron chi connectivity index (χ0n) is 32.6. The van der Waals surface area contributed by atoms with Gasteiger partial charge >= 0.3 is 11.4 Å². The molecule has 0 aliphatic heterocycles. The minimum atomic E-state index is -5.17. The third-order valence-electron chi connectivity index (χ3n) is 7.70. The summed E-state index contributed by atoms with van der Waals surface area (Å²) in [6, 6.07) is 36.4. The maximum atomic E-state index is 9.05. The predicted molar refractivity (Wildman–Crippen MR) is 215 cm³/mol. The molecule has 0 bridgehead atoms. The summed E-state index contributed by atoms with van der Waals surface area (Å²) in [6.45, 7) is 4.03. The van der Waals surface area contributed by atoms with E-state index in [4.69, 9.17) is 66.2 Å². The van der Waals surface area contributed by atoms with E-state index in [0.29, 0.717) is 57.5 Å². The molecule has 59 heavy (non-hydrogen) atoms. The van der Waals surface area contributed by atoms with Crippen molar-refractivity contribution in [1.29, 1.82) is 10.8 Å². The Balaban J connectivity index is 0.000000234. The van der Waals surface area contributed by atoms with Gasteiger partial charge in [0.25, 0.3) is 0 Å². The molecule has 0 unspecified atom stereocenters. The summed E-state index contributed by atoms with van der Waals surface area (Å²) in [5.41, 5.74) is 2.77. The lowest BCUT2D eigenvalue weighted by Crippen LogP contribution is -1.92. The lowest BCUT2D eigenvalue weighted by atomic mass is 10.2. The highest BCUT2D eigenvalue weighted by Gasteiger charge is 2.22. The van der Waals surface area contributed by atoms with Crippen LogP contribution >= 0.6 is 0 Å². The van der Waals surface area contributed by atoms with E-state index in [1.54, 1.807) is 36.4 Å². The van der Waals surface area contributed by atoms with E-state index in [0.717, 1.165) is 22.6 Å². The number of benzene rings is 6. The van der Waals surface area contributed by atoms with Gasteiger partial charge in [-0.1, -0.05) is 24.3 Å². The molecule has 0 heterocycles. The maximum absolute atomic E-state index is 9.05. The first kappa shape index (κ1) is 44.1. The van der Waals surface area contributed by atoms with Crippen molar-refractivity contribution in [2.45, 2.75) is 13.8 Å². The minimum absolute atomic E-state index is 0.253. The molecule has 0 aromatic heterocycles. The second-order valence-electron chi connectivity index (χ2n) is 11.9. The molecule has 0 saturated heterocycles. The van der Waals surface area contributed by atoms with Gasteiger partial charge in [-0.15, -0.1) is 0 Å². The first-order chi connectivity index (χ1) is 28.2. The molecule has 304 valence electrons. The van der Waals surface area contributed by atoms with Crippen LogP contribution in [-0.4, -0.2) is 46.0 Å². The van der Waals surface area contributed by atoms with E-state index in [1.807, 2.05) is 86.6 Å². The van der Waals surface area contributed by atoms with E-state index in [9.17, 15) is 0 Å². The zero-order valence-corrected chi connectivity index (χ0v) is 33.5. The van der Waals surface area contributed by atoms with Gasteiger partial charge in [-0.3, -0.25) is 8.42 Å². The van der Waals surface area contributed by atoms with Gasteiger partial charge in [0, 0.05) is 22.5 Å². The molecule has 0 spiro atoms. The SMILES string of the molecule is COc1cc(Oc2ccc(Oc3cccc(C)c3)cc2)c(OC)cc1[N+]#N.COc1cc(Oc2ccc(Oc3cccc(C)c3)cc2)c(OC)cc1[N+]#N.O=S(=O)([O-])[O-]. The van der Waals surface area contributed by atoms with Gasteiger partial charge in [0.2, 0.25) is 22.3 Å². The Hall–Kier alpha value is -7.57. The van der Waals surface area contributed by atoms with Crippen LogP contribution in [0, 0.1) is 24.6 Å². The molecule has 0 aliphatic carbocycles. The van der Waals surface area contributed by atoms with Crippen LogP contribution in [0.5, 0.6) is 69.0 Å². The summed E-state index contributed by atoms with van der Waals surface area (Å²) in [5.74, 6) is 6.60. The quantitative estimate of drug-likeness (QED) is 0.0638. The van der Waals surface area contributed by atoms with Gasteiger partial charge < -0.3 is 47.0 Å². The Morgan fingerprint density at radius 1 is 0.424 bits per heavy atom. The number of nitrogens with zero attached hydrogens (tertiary/aromatic N) is 4. The number of aryl methyl sites for hydroxylation is 2. The minimum Gasteiger partial charge on any atom is -0.759 e. The molecule has 0 radical (unpaired) electrons. The normalized spacial score (nSPS) is 10.1. The number of hydrogen-bond donors (Lipinski definition) is 0. The van der Waals surface area contributed by atoms with Gasteiger partial charge in [-0.2, -0.15) is 0 Å². The Morgan fingerprint density at radius 3 is 1.00 bits per heavy atom. The number of methoxy groups -OCH3 is 4. The lowest BCUT2D eigenvalue weighted by molar-refractivity contribution is 0.352. The van der Waals surface area contributed by atoms with Crippen LogP contribution in [0.4, 0.5) is 11.4 Å². The van der Waals surface area contributed by atoms with Gasteiger partial charge in [0.15, 0.2) is 32.9 Å². The van der Waals surface area contributed by atoms with Gasteiger partial charge in [-0.05, 0) is 97.8 Å². The first-order valence-electron chi connectivity index (χ1n) is 17.2. The van der Waals surface area contributed by atoms with E-state index in [2.05, 4.69) is 9.95 Å². The summed E-state index contributed by atoms with van der Waals surface area (Å²) in [7, 11) is 0.818. The second-order valence-corrected chi connectivity index (χ2v) is 12.8. The predicted octanol–water partition coefficient (Wildman–Crippen LogP) is 10.8. The molecule has 0 N–H and O–H groups in total. The van der Waals surface area contributed by atoms with Crippen molar-refractivity contribution < 1.29 is 55.4 Å². The summed E-state index contributed by atoms with van der Waals surface area (Å²) in [5, 5.41) is 18.1. The van der Waals surface area contributed by atoms with Crippen LogP contribution in [0.15, 0.2) is 121 Å². The molecule has 0 aliphatic rings. The van der Waals surface area contributed by atoms with Crippen LogP contribution < -0.4 is 37.9 Å². The third-order valence-corrected chi connectivity index (χ3v) is 7.70. The van der Waals surface area contributed by atoms with E-state index < -0.39 is 10.4 Å². The summed E-state index contributed by atoms with van der Waals surface area (Å²) in [4.78, 5) is 6.36. The molecule has 0 saturated carbocycles. The Kier molecular flexibility index (Phi) is 15.8. The van der Waals surface area contributed by atoms with Gasteiger partial charge in [0.05, 0.1) is 40.6 Å². The fourth-order valence-electron chi connectivity index (χ4n) is 5.06. The highest BCUT2D eigenvalue weighted by molar-refractivity contribution is 7.79. The third kappa shape index (κ3) is 13.8. The molecule has 0 atom stereocenters. The fraction of sp³-hybridized carbons (Fsp3) is 0.143. The molecule has 6 rings (SSSR count). The van der Waals surface area contributed by atoms with Crippen LogP contribution in [0.25, 0.3) is 9.95 Å². The van der Waals surface area contributed by atoms with Crippen molar-refractivity contribution in [3.8, 4) is 69.0 Å².